The molecule has 0 radical (unpaired) electrons. The minimum absolute atomic E-state index is 0.0270. The van der Waals surface area contributed by atoms with Gasteiger partial charge < -0.3 is 10.1 Å². The summed E-state index contributed by atoms with van der Waals surface area (Å²) in [5, 5.41) is 3.21. The predicted molar refractivity (Wildman–Crippen MR) is 69.5 cm³/mol. The zero-order chi connectivity index (χ0) is 12.1. The summed E-state index contributed by atoms with van der Waals surface area (Å²) in [7, 11) is 0. The Labute approximate surface area is 110 Å². The highest BCUT2D eigenvalue weighted by atomic mass is 79.9. The smallest absolute Gasteiger partial charge is 0.310 e. The molecule has 4 heteroatoms. The quantitative estimate of drug-likeness (QED) is 0.871. The van der Waals surface area contributed by atoms with Gasteiger partial charge in [0, 0.05) is 11.0 Å². The summed E-state index contributed by atoms with van der Waals surface area (Å²) in [5.41, 5.74) is 1.02. The molecule has 1 N–H and O–H groups in total. The lowest BCUT2D eigenvalue weighted by atomic mass is 10.0. The molecule has 17 heavy (non-hydrogen) atoms. The van der Waals surface area contributed by atoms with Crippen molar-refractivity contribution in [3.05, 3.63) is 34.3 Å². The molecule has 3 nitrogen and oxygen atoms in total. The van der Waals surface area contributed by atoms with Gasteiger partial charge in [-0.25, -0.2) is 0 Å². The van der Waals surface area contributed by atoms with Crippen LogP contribution in [0.15, 0.2) is 28.7 Å². The van der Waals surface area contributed by atoms with Gasteiger partial charge in [-0.3, -0.25) is 4.79 Å². The van der Waals surface area contributed by atoms with Gasteiger partial charge in [0.05, 0.1) is 5.92 Å². The minimum Gasteiger partial charge on any atom is -0.461 e. The van der Waals surface area contributed by atoms with Crippen LogP contribution in [0.25, 0.3) is 0 Å². The molecule has 0 spiro atoms. The second-order valence-electron chi connectivity index (χ2n) is 4.28. The molecule has 1 saturated heterocycles. The molecular weight excluding hydrogens is 282 g/mol. The van der Waals surface area contributed by atoms with Crippen molar-refractivity contribution in [1.82, 2.24) is 5.32 Å². The molecule has 2 rings (SSSR count). The number of hydrogen-bond donors (Lipinski definition) is 1. The van der Waals surface area contributed by atoms with Crippen molar-refractivity contribution in [2.75, 3.05) is 13.1 Å². The number of piperidine rings is 1. The van der Waals surface area contributed by atoms with Crippen LogP contribution >= 0.6 is 15.9 Å². The van der Waals surface area contributed by atoms with E-state index in [-0.39, 0.29) is 11.9 Å². The van der Waals surface area contributed by atoms with Crippen LogP contribution in [0.4, 0.5) is 0 Å². The Bertz CT molecular complexity index is 372. The van der Waals surface area contributed by atoms with Crippen LogP contribution in [-0.4, -0.2) is 19.1 Å². The van der Waals surface area contributed by atoms with Gasteiger partial charge >= 0.3 is 5.97 Å². The van der Waals surface area contributed by atoms with Crippen LogP contribution in [0.1, 0.15) is 18.4 Å². The molecule has 0 unspecified atom stereocenters. The Hall–Kier alpha value is -0.870. The molecule has 1 fully saturated rings. The van der Waals surface area contributed by atoms with Crippen molar-refractivity contribution >= 4 is 21.9 Å². The summed E-state index contributed by atoms with van der Waals surface area (Å²) in [6, 6.07) is 7.81. The van der Waals surface area contributed by atoms with Gasteiger partial charge in [0.2, 0.25) is 0 Å². The van der Waals surface area contributed by atoms with E-state index < -0.39 is 0 Å². The van der Waals surface area contributed by atoms with Gasteiger partial charge in [-0.15, -0.1) is 0 Å². The Balaban J connectivity index is 1.81. The molecule has 0 aromatic heterocycles. The third kappa shape index (κ3) is 3.82. The van der Waals surface area contributed by atoms with Crippen molar-refractivity contribution in [2.45, 2.75) is 19.4 Å². The predicted octanol–water partition coefficient (Wildman–Crippen LogP) is 2.49. The van der Waals surface area contributed by atoms with E-state index in [0.717, 1.165) is 36.0 Å². The summed E-state index contributed by atoms with van der Waals surface area (Å²) in [5.74, 6) is -0.0562. The van der Waals surface area contributed by atoms with E-state index in [1.54, 1.807) is 0 Å². The first-order valence-corrected chi connectivity index (χ1v) is 6.67. The maximum atomic E-state index is 11.8. The van der Waals surface area contributed by atoms with E-state index in [1.165, 1.54) is 0 Å². The SMILES string of the molecule is O=C(OCc1ccc(Br)cc1)[C@@H]1CCCNC1. The number of hydrogen-bond acceptors (Lipinski definition) is 3. The summed E-state index contributed by atoms with van der Waals surface area (Å²) in [6.45, 7) is 2.12. The fourth-order valence-corrected chi connectivity index (χ4v) is 2.17. The van der Waals surface area contributed by atoms with E-state index in [9.17, 15) is 4.79 Å². The third-order valence-corrected chi connectivity index (χ3v) is 3.45. The number of halogens is 1. The van der Waals surface area contributed by atoms with Crippen LogP contribution in [0.2, 0.25) is 0 Å². The molecule has 92 valence electrons. The average molecular weight is 298 g/mol. The van der Waals surface area contributed by atoms with Gasteiger partial charge in [-0.2, -0.15) is 0 Å². The first kappa shape index (κ1) is 12.6. The Morgan fingerprint density at radius 3 is 2.82 bits per heavy atom. The zero-order valence-corrected chi connectivity index (χ0v) is 11.2. The number of benzene rings is 1. The summed E-state index contributed by atoms with van der Waals surface area (Å²) >= 11 is 3.37. The van der Waals surface area contributed by atoms with E-state index in [1.807, 2.05) is 24.3 Å². The van der Waals surface area contributed by atoms with Crippen molar-refractivity contribution in [3.63, 3.8) is 0 Å². The average Bonchev–Trinajstić information content (AvgIpc) is 2.39. The number of carbonyl (C=O) groups is 1. The molecule has 1 atom stereocenters. The van der Waals surface area contributed by atoms with Crippen LogP contribution in [-0.2, 0) is 16.1 Å². The van der Waals surface area contributed by atoms with Crippen LogP contribution in [0, 0.1) is 5.92 Å². The number of rotatable bonds is 3. The van der Waals surface area contributed by atoms with Gasteiger partial charge in [0.15, 0.2) is 0 Å². The van der Waals surface area contributed by atoms with E-state index in [2.05, 4.69) is 21.2 Å². The molecule has 0 saturated carbocycles. The molecule has 0 amide bonds. The van der Waals surface area contributed by atoms with E-state index in [4.69, 9.17) is 4.74 Å². The fraction of sp³-hybridized carbons (Fsp3) is 0.462. The second-order valence-corrected chi connectivity index (χ2v) is 5.19. The monoisotopic (exact) mass is 297 g/mol. The fourth-order valence-electron chi connectivity index (χ4n) is 1.91. The van der Waals surface area contributed by atoms with Crippen LogP contribution < -0.4 is 5.32 Å². The topological polar surface area (TPSA) is 38.3 Å². The Kier molecular flexibility index (Phi) is 4.57. The lowest BCUT2D eigenvalue weighted by Crippen LogP contribution is -2.35. The van der Waals surface area contributed by atoms with Crippen molar-refractivity contribution in [2.24, 2.45) is 5.92 Å². The van der Waals surface area contributed by atoms with Gasteiger partial charge in [-0.05, 0) is 37.1 Å². The zero-order valence-electron chi connectivity index (χ0n) is 9.62. The van der Waals surface area contributed by atoms with Gasteiger partial charge in [-0.1, -0.05) is 28.1 Å². The maximum Gasteiger partial charge on any atom is 0.310 e. The summed E-state index contributed by atoms with van der Waals surface area (Å²) < 4.78 is 6.34. The highest BCUT2D eigenvalue weighted by Crippen LogP contribution is 2.14. The first-order chi connectivity index (χ1) is 8.25. The highest BCUT2D eigenvalue weighted by Gasteiger charge is 2.22. The lowest BCUT2D eigenvalue weighted by Gasteiger charge is -2.21. The molecule has 1 heterocycles. The number of ether oxygens (including phenoxy) is 1. The summed E-state index contributed by atoms with van der Waals surface area (Å²) in [6.07, 6.45) is 1.99. The highest BCUT2D eigenvalue weighted by molar-refractivity contribution is 9.10. The van der Waals surface area contributed by atoms with E-state index >= 15 is 0 Å². The van der Waals surface area contributed by atoms with Gasteiger partial charge in [0.25, 0.3) is 0 Å². The van der Waals surface area contributed by atoms with Crippen molar-refractivity contribution in [1.29, 1.82) is 0 Å². The number of carbonyl (C=O) groups excluding carboxylic acids is 1. The molecule has 0 aliphatic carbocycles. The van der Waals surface area contributed by atoms with E-state index in [0.29, 0.717) is 6.61 Å². The van der Waals surface area contributed by atoms with Crippen LogP contribution in [0.3, 0.4) is 0 Å². The molecular formula is C13H16BrNO2. The third-order valence-electron chi connectivity index (χ3n) is 2.92. The largest absolute Gasteiger partial charge is 0.461 e. The summed E-state index contributed by atoms with van der Waals surface area (Å²) in [4.78, 5) is 11.8. The number of nitrogens with one attached hydrogen (secondary N) is 1. The molecule has 1 aromatic rings. The maximum absolute atomic E-state index is 11.8. The van der Waals surface area contributed by atoms with Gasteiger partial charge in [0.1, 0.15) is 6.61 Å². The molecule has 0 bridgehead atoms. The molecule has 1 aliphatic rings. The normalized spacial score (nSPS) is 19.9. The van der Waals surface area contributed by atoms with Crippen LogP contribution in [0.5, 0.6) is 0 Å². The first-order valence-electron chi connectivity index (χ1n) is 5.87. The second kappa shape index (κ2) is 6.17. The molecule has 1 aromatic carbocycles. The Morgan fingerprint density at radius 1 is 1.41 bits per heavy atom. The number of esters is 1. The minimum atomic E-state index is -0.0832. The standard InChI is InChI=1S/C13H16BrNO2/c14-12-5-3-10(4-6-12)9-17-13(16)11-2-1-7-15-8-11/h3-6,11,15H,1-2,7-9H2/t11-/m1/s1. The lowest BCUT2D eigenvalue weighted by molar-refractivity contribution is -0.150. The van der Waals surface area contributed by atoms with Crippen molar-refractivity contribution in [3.8, 4) is 0 Å². The molecule has 1 aliphatic heterocycles. The Morgan fingerprint density at radius 2 is 2.18 bits per heavy atom. The van der Waals surface area contributed by atoms with Crippen molar-refractivity contribution < 1.29 is 9.53 Å².